The zero-order valence-corrected chi connectivity index (χ0v) is 14.7. The second kappa shape index (κ2) is 7.84. The van der Waals surface area contributed by atoms with E-state index in [-0.39, 0.29) is 12.5 Å². The van der Waals surface area contributed by atoms with Crippen LogP contribution in [0.3, 0.4) is 0 Å². The number of methoxy groups -OCH3 is 1. The predicted octanol–water partition coefficient (Wildman–Crippen LogP) is 2.66. The van der Waals surface area contributed by atoms with Crippen molar-refractivity contribution in [1.82, 2.24) is 15.1 Å². The molecule has 2 aromatic carbocycles. The van der Waals surface area contributed by atoms with Gasteiger partial charge in [0.1, 0.15) is 11.4 Å². The summed E-state index contributed by atoms with van der Waals surface area (Å²) in [6.07, 6.45) is 1.07. The van der Waals surface area contributed by atoms with Crippen molar-refractivity contribution in [3.8, 4) is 22.7 Å². The van der Waals surface area contributed by atoms with E-state index >= 15 is 0 Å². The van der Waals surface area contributed by atoms with Crippen LogP contribution in [-0.2, 0) is 0 Å². The van der Waals surface area contributed by atoms with E-state index in [0.717, 1.165) is 11.3 Å². The fourth-order valence-electron chi connectivity index (χ4n) is 2.57. The number of carbonyl (C=O) groups excluding carboxylic acids is 1. The zero-order chi connectivity index (χ0) is 18.5. The quantitative estimate of drug-likeness (QED) is 0.716. The van der Waals surface area contributed by atoms with Gasteiger partial charge in [-0.25, -0.2) is 4.68 Å². The first-order chi connectivity index (χ1) is 12.6. The lowest BCUT2D eigenvalue weighted by Gasteiger charge is -2.07. The van der Waals surface area contributed by atoms with E-state index in [1.54, 1.807) is 24.9 Å². The molecule has 0 aliphatic rings. The Labute approximate surface area is 152 Å². The SMILES string of the molecule is COc1cccc(-c2nn(-c3ccccc3)cc2C(=O)NCC(C)O)c1. The van der Waals surface area contributed by atoms with E-state index in [0.29, 0.717) is 17.0 Å². The molecule has 1 aromatic heterocycles. The predicted molar refractivity (Wildman–Crippen MR) is 99.6 cm³/mol. The van der Waals surface area contributed by atoms with Gasteiger partial charge in [-0.1, -0.05) is 30.3 Å². The van der Waals surface area contributed by atoms with Crippen LogP contribution in [0.1, 0.15) is 17.3 Å². The van der Waals surface area contributed by atoms with Crippen molar-refractivity contribution in [2.45, 2.75) is 13.0 Å². The minimum atomic E-state index is -0.622. The second-order valence-corrected chi connectivity index (χ2v) is 5.96. The Hall–Kier alpha value is -3.12. The molecule has 6 nitrogen and oxygen atoms in total. The lowest BCUT2D eigenvalue weighted by Crippen LogP contribution is -2.30. The largest absolute Gasteiger partial charge is 0.497 e. The Kier molecular flexibility index (Phi) is 5.34. The van der Waals surface area contributed by atoms with Crippen LogP contribution in [0.4, 0.5) is 0 Å². The number of benzene rings is 2. The zero-order valence-electron chi connectivity index (χ0n) is 14.7. The normalized spacial score (nSPS) is 11.8. The molecule has 0 saturated heterocycles. The summed E-state index contributed by atoms with van der Waals surface area (Å²) in [6, 6.07) is 17.0. The fraction of sp³-hybridized carbons (Fsp3) is 0.200. The summed E-state index contributed by atoms with van der Waals surface area (Å²) in [5.41, 5.74) is 2.62. The number of hydrogen-bond donors (Lipinski definition) is 2. The molecule has 134 valence electrons. The van der Waals surface area contributed by atoms with E-state index in [4.69, 9.17) is 4.74 Å². The van der Waals surface area contributed by atoms with Crippen LogP contribution < -0.4 is 10.1 Å². The number of para-hydroxylation sites is 1. The molecular formula is C20H21N3O3. The van der Waals surface area contributed by atoms with Gasteiger partial charge in [0.15, 0.2) is 0 Å². The van der Waals surface area contributed by atoms with Crippen LogP contribution >= 0.6 is 0 Å². The monoisotopic (exact) mass is 351 g/mol. The molecule has 0 aliphatic carbocycles. The number of nitrogens with zero attached hydrogens (tertiary/aromatic N) is 2. The lowest BCUT2D eigenvalue weighted by atomic mass is 10.1. The number of amides is 1. The van der Waals surface area contributed by atoms with E-state index in [1.165, 1.54) is 0 Å². The molecule has 1 amide bonds. The van der Waals surface area contributed by atoms with Gasteiger partial charge in [-0.3, -0.25) is 4.79 Å². The smallest absolute Gasteiger partial charge is 0.255 e. The van der Waals surface area contributed by atoms with Gasteiger partial charge in [-0.15, -0.1) is 0 Å². The molecule has 6 heteroatoms. The maximum atomic E-state index is 12.6. The van der Waals surface area contributed by atoms with E-state index < -0.39 is 6.10 Å². The standard InChI is InChI=1S/C20H21N3O3/c1-14(24)12-21-20(25)18-13-23(16-8-4-3-5-9-16)22-19(18)15-7-6-10-17(11-15)26-2/h3-11,13-14,24H,12H2,1-2H3,(H,21,25). The first-order valence-electron chi connectivity index (χ1n) is 8.34. The van der Waals surface area contributed by atoms with Gasteiger partial charge < -0.3 is 15.2 Å². The van der Waals surface area contributed by atoms with Gasteiger partial charge in [0.25, 0.3) is 5.91 Å². The summed E-state index contributed by atoms with van der Waals surface area (Å²) in [5.74, 6) is 0.401. The van der Waals surface area contributed by atoms with Crippen LogP contribution in [-0.4, -0.2) is 40.6 Å². The van der Waals surface area contributed by atoms with Gasteiger partial charge >= 0.3 is 0 Å². The molecule has 0 aliphatic heterocycles. The maximum absolute atomic E-state index is 12.6. The summed E-state index contributed by atoms with van der Waals surface area (Å²) in [5, 5.41) is 16.8. The Bertz CT molecular complexity index is 888. The second-order valence-electron chi connectivity index (χ2n) is 5.96. The summed E-state index contributed by atoms with van der Waals surface area (Å²) < 4.78 is 6.95. The number of nitrogens with one attached hydrogen (secondary N) is 1. The van der Waals surface area contributed by atoms with Crippen molar-refractivity contribution >= 4 is 5.91 Å². The van der Waals surface area contributed by atoms with Crippen LogP contribution in [0.2, 0.25) is 0 Å². The molecule has 1 unspecified atom stereocenters. The lowest BCUT2D eigenvalue weighted by molar-refractivity contribution is 0.0924. The van der Waals surface area contributed by atoms with Crippen molar-refractivity contribution in [3.05, 3.63) is 66.4 Å². The summed E-state index contributed by atoms with van der Waals surface area (Å²) in [4.78, 5) is 12.6. The van der Waals surface area contributed by atoms with E-state index in [1.807, 2.05) is 54.6 Å². The first-order valence-corrected chi connectivity index (χ1v) is 8.34. The Morgan fingerprint density at radius 1 is 1.23 bits per heavy atom. The van der Waals surface area contributed by atoms with Crippen LogP contribution in [0, 0.1) is 0 Å². The highest BCUT2D eigenvalue weighted by Gasteiger charge is 2.19. The van der Waals surface area contributed by atoms with Crippen molar-refractivity contribution in [3.63, 3.8) is 0 Å². The Morgan fingerprint density at radius 2 is 2.00 bits per heavy atom. The molecule has 0 fully saturated rings. The van der Waals surface area contributed by atoms with Crippen LogP contribution in [0.5, 0.6) is 5.75 Å². The number of carbonyl (C=O) groups is 1. The number of hydrogen-bond acceptors (Lipinski definition) is 4. The van der Waals surface area contributed by atoms with Gasteiger partial charge in [0, 0.05) is 18.3 Å². The average Bonchev–Trinajstić information content (AvgIpc) is 3.12. The van der Waals surface area contributed by atoms with Gasteiger partial charge in [-0.05, 0) is 31.2 Å². The molecule has 0 saturated carbocycles. The molecule has 2 N–H and O–H groups in total. The van der Waals surface area contributed by atoms with Crippen molar-refractivity contribution in [2.24, 2.45) is 0 Å². The number of rotatable bonds is 6. The highest BCUT2D eigenvalue weighted by atomic mass is 16.5. The number of aliphatic hydroxyl groups is 1. The average molecular weight is 351 g/mol. The third-order valence-electron chi connectivity index (χ3n) is 3.88. The van der Waals surface area contributed by atoms with Gasteiger partial charge in [0.05, 0.1) is 24.5 Å². The summed E-state index contributed by atoms with van der Waals surface area (Å²) >= 11 is 0. The molecule has 0 spiro atoms. The Morgan fingerprint density at radius 3 is 2.69 bits per heavy atom. The molecule has 26 heavy (non-hydrogen) atoms. The molecule has 3 rings (SSSR count). The molecule has 0 bridgehead atoms. The van der Waals surface area contributed by atoms with Crippen molar-refractivity contribution in [2.75, 3.05) is 13.7 Å². The number of aliphatic hydroxyl groups excluding tert-OH is 1. The molecule has 1 atom stereocenters. The first kappa shape index (κ1) is 17.7. The van der Waals surface area contributed by atoms with Crippen LogP contribution in [0.25, 0.3) is 16.9 Å². The van der Waals surface area contributed by atoms with Crippen molar-refractivity contribution in [1.29, 1.82) is 0 Å². The summed E-state index contributed by atoms with van der Waals surface area (Å²) in [7, 11) is 1.60. The number of ether oxygens (including phenoxy) is 1. The maximum Gasteiger partial charge on any atom is 0.255 e. The minimum Gasteiger partial charge on any atom is -0.497 e. The molecule has 1 heterocycles. The third kappa shape index (κ3) is 3.92. The highest BCUT2D eigenvalue weighted by molar-refractivity contribution is 6.00. The molecule has 0 radical (unpaired) electrons. The van der Waals surface area contributed by atoms with E-state index in [2.05, 4.69) is 10.4 Å². The Balaban J connectivity index is 2.05. The number of aromatic nitrogens is 2. The third-order valence-corrected chi connectivity index (χ3v) is 3.88. The topological polar surface area (TPSA) is 76.4 Å². The minimum absolute atomic E-state index is 0.174. The fourth-order valence-corrected chi connectivity index (χ4v) is 2.57. The summed E-state index contributed by atoms with van der Waals surface area (Å²) in [6.45, 7) is 1.80. The highest BCUT2D eigenvalue weighted by Crippen LogP contribution is 2.27. The molecular weight excluding hydrogens is 330 g/mol. The van der Waals surface area contributed by atoms with Crippen LogP contribution in [0.15, 0.2) is 60.8 Å². The van der Waals surface area contributed by atoms with Gasteiger partial charge in [0.2, 0.25) is 0 Å². The molecule has 3 aromatic rings. The van der Waals surface area contributed by atoms with Crippen molar-refractivity contribution < 1.29 is 14.6 Å². The van der Waals surface area contributed by atoms with Gasteiger partial charge in [-0.2, -0.15) is 5.10 Å². The van der Waals surface area contributed by atoms with E-state index in [9.17, 15) is 9.90 Å².